The molecule has 24 heavy (non-hydrogen) atoms. The van der Waals surface area contributed by atoms with Gasteiger partial charge in [0.05, 0.1) is 17.1 Å². The van der Waals surface area contributed by atoms with Crippen LogP contribution in [0.1, 0.15) is 59.6 Å². The van der Waals surface area contributed by atoms with Crippen LogP contribution in [0, 0.1) is 13.8 Å². The lowest BCUT2D eigenvalue weighted by Crippen LogP contribution is -2.07. The van der Waals surface area contributed by atoms with E-state index in [1.165, 1.54) is 25.7 Å². The zero-order chi connectivity index (χ0) is 16.5. The zero-order valence-electron chi connectivity index (χ0n) is 14.1. The summed E-state index contributed by atoms with van der Waals surface area (Å²) in [5, 5.41) is 8.01. The number of aryl methyl sites for hydroxylation is 2. The topological polar surface area (TPSA) is 56.5 Å². The van der Waals surface area contributed by atoms with Crippen LogP contribution < -0.4 is 0 Å². The number of thiazole rings is 1. The third-order valence-corrected chi connectivity index (χ3v) is 5.33. The largest absolute Gasteiger partial charge is 0.246 e. The van der Waals surface area contributed by atoms with Crippen LogP contribution in [-0.4, -0.2) is 24.7 Å². The maximum absolute atomic E-state index is 4.88. The highest BCUT2D eigenvalue weighted by Crippen LogP contribution is 2.32. The molecule has 0 aromatic carbocycles. The first-order valence-electron chi connectivity index (χ1n) is 8.50. The highest BCUT2D eigenvalue weighted by Gasteiger charge is 2.24. The summed E-state index contributed by atoms with van der Waals surface area (Å²) >= 11 is 1.68. The van der Waals surface area contributed by atoms with Gasteiger partial charge in [0.15, 0.2) is 11.6 Å². The van der Waals surface area contributed by atoms with Gasteiger partial charge >= 0.3 is 0 Å². The summed E-state index contributed by atoms with van der Waals surface area (Å²) in [6, 6.07) is 6.02. The molecule has 4 rings (SSSR count). The van der Waals surface area contributed by atoms with E-state index in [2.05, 4.69) is 15.3 Å². The predicted molar refractivity (Wildman–Crippen MR) is 94.8 cm³/mol. The van der Waals surface area contributed by atoms with Crippen LogP contribution in [0.5, 0.6) is 0 Å². The minimum atomic E-state index is 0.493. The Hall–Kier alpha value is -2.08. The molecular formula is C18H21N5S. The van der Waals surface area contributed by atoms with Crippen LogP contribution >= 0.6 is 11.3 Å². The van der Waals surface area contributed by atoms with Gasteiger partial charge in [0.2, 0.25) is 0 Å². The second kappa shape index (κ2) is 6.43. The molecule has 5 nitrogen and oxygen atoms in total. The Morgan fingerprint density at radius 2 is 1.96 bits per heavy atom. The monoisotopic (exact) mass is 339 g/mol. The lowest BCUT2D eigenvalue weighted by molar-refractivity contribution is 0.659. The summed E-state index contributed by atoms with van der Waals surface area (Å²) in [4.78, 5) is 14.1. The third-order valence-electron chi connectivity index (χ3n) is 4.51. The van der Waals surface area contributed by atoms with E-state index >= 15 is 0 Å². The van der Waals surface area contributed by atoms with Crippen molar-refractivity contribution < 1.29 is 0 Å². The molecule has 0 atom stereocenters. The molecule has 3 aromatic heterocycles. The van der Waals surface area contributed by atoms with Crippen molar-refractivity contribution in [3.63, 3.8) is 0 Å². The maximum Gasteiger partial charge on any atom is 0.155 e. The van der Waals surface area contributed by atoms with Crippen LogP contribution in [0.3, 0.4) is 0 Å². The second-order valence-electron chi connectivity index (χ2n) is 6.45. The molecule has 0 N–H and O–H groups in total. The summed E-state index contributed by atoms with van der Waals surface area (Å²) in [6.07, 6.45) is 5.64. The molecule has 124 valence electrons. The second-order valence-corrected chi connectivity index (χ2v) is 7.51. The van der Waals surface area contributed by atoms with Crippen molar-refractivity contribution in [1.82, 2.24) is 24.7 Å². The van der Waals surface area contributed by atoms with E-state index in [0.717, 1.165) is 33.9 Å². The number of nitrogens with zero attached hydrogens (tertiary/aromatic N) is 5. The highest BCUT2D eigenvalue weighted by atomic mass is 32.1. The Bertz CT molecular complexity index is 845. The predicted octanol–water partition coefficient (Wildman–Crippen LogP) is 3.98. The van der Waals surface area contributed by atoms with Crippen LogP contribution in [-0.2, 0) is 6.42 Å². The Morgan fingerprint density at radius 1 is 1.12 bits per heavy atom. The number of rotatable bonds is 4. The molecular weight excluding hydrogens is 318 g/mol. The normalized spacial score (nSPS) is 15.2. The summed E-state index contributed by atoms with van der Waals surface area (Å²) in [5.41, 5.74) is 2.04. The fraction of sp³-hybridized carbons (Fsp3) is 0.444. The summed E-state index contributed by atoms with van der Waals surface area (Å²) in [5.74, 6) is 3.23. The number of pyridine rings is 1. The van der Waals surface area contributed by atoms with E-state index in [-0.39, 0.29) is 0 Å². The lowest BCUT2D eigenvalue weighted by atomic mass is 10.1. The van der Waals surface area contributed by atoms with Crippen LogP contribution in [0.4, 0.5) is 0 Å². The van der Waals surface area contributed by atoms with Gasteiger partial charge in [0, 0.05) is 17.0 Å². The van der Waals surface area contributed by atoms with Crippen LogP contribution in [0.2, 0.25) is 0 Å². The van der Waals surface area contributed by atoms with Gasteiger partial charge < -0.3 is 0 Å². The molecule has 1 saturated carbocycles. The fourth-order valence-corrected chi connectivity index (χ4v) is 3.93. The average molecular weight is 339 g/mol. The Morgan fingerprint density at radius 3 is 2.67 bits per heavy atom. The first-order chi connectivity index (χ1) is 11.7. The molecule has 3 heterocycles. The molecule has 3 aromatic rings. The number of aromatic nitrogens is 5. The van der Waals surface area contributed by atoms with Gasteiger partial charge in [-0.3, -0.25) is 0 Å². The maximum atomic E-state index is 4.88. The first-order valence-corrected chi connectivity index (χ1v) is 9.38. The fourth-order valence-electron chi connectivity index (χ4n) is 3.31. The molecule has 0 spiro atoms. The van der Waals surface area contributed by atoms with E-state index in [1.807, 2.05) is 36.7 Å². The van der Waals surface area contributed by atoms with Crippen LogP contribution in [0.25, 0.3) is 5.82 Å². The molecule has 0 aliphatic heterocycles. The molecule has 1 aliphatic rings. The van der Waals surface area contributed by atoms with Crippen molar-refractivity contribution in [2.75, 3.05) is 0 Å². The van der Waals surface area contributed by atoms with E-state index in [1.54, 1.807) is 11.3 Å². The van der Waals surface area contributed by atoms with Gasteiger partial charge in [-0.05, 0) is 38.8 Å². The van der Waals surface area contributed by atoms with E-state index in [0.29, 0.717) is 12.3 Å². The molecule has 0 unspecified atom stereocenters. The first kappa shape index (κ1) is 15.4. The average Bonchev–Trinajstić information content (AvgIpc) is 3.28. The van der Waals surface area contributed by atoms with Gasteiger partial charge in [0.1, 0.15) is 5.82 Å². The Balaban J connectivity index is 1.74. The van der Waals surface area contributed by atoms with E-state index in [4.69, 9.17) is 10.1 Å². The molecule has 1 fully saturated rings. The third kappa shape index (κ3) is 3.11. The highest BCUT2D eigenvalue weighted by molar-refractivity contribution is 7.09. The summed E-state index contributed by atoms with van der Waals surface area (Å²) < 4.78 is 1.91. The molecule has 0 amide bonds. The van der Waals surface area contributed by atoms with Gasteiger partial charge in [0.25, 0.3) is 0 Å². The standard InChI is InChI=1S/C18H21N5S/c1-12-6-5-9-16(19-12)23-17(10-15-11-24-13(2)20-15)21-18(22-23)14-7-3-4-8-14/h5-6,9,11,14H,3-4,7-8,10H2,1-2H3. The number of hydrogen-bond donors (Lipinski definition) is 0. The molecule has 0 radical (unpaired) electrons. The van der Waals surface area contributed by atoms with E-state index < -0.39 is 0 Å². The van der Waals surface area contributed by atoms with Crippen molar-refractivity contribution in [2.24, 2.45) is 0 Å². The van der Waals surface area contributed by atoms with Gasteiger partial charge in [-0.15, -0.1) is 16.4 Å². The van der Waals surface area contributed by atoms with E-state index in [9.17, 15) is 0 Å². The minimum Gasteiger partial charge on any atom is -0.246 e. The zero-order valence-corrected chi connectivity index (χ0v) is 14.9. The minimum absolute atomic E-state index is 0.493. The van der Waals surface area contributed by atoms with Gasteiger partial charge in [-0.25, -0.2) is 15.0 Å². The van der Waals surface area contributed by atoms with Crippen molar-refractivity contribution in [2.45, 2.75) is 51.9 Å². The summed E-state index contributed by atoms with van der Waals surface area (Å²) in [6.45, 7) is 4.03. The molecule has 0 bridgehead atoms. The number of hydrogen-bond acceptors (Lipinski definition) is 5. The van der Waals surface area contributed by atoms with Crippen LogP contribution in [0.15, 0.2) is 23.6 Å². The molecule has 6 heteroatoms. The quantitative estimate of drug-likeness (QED) is 0.721. The molecule has 1 aliphatic carbocycles. The lowest BCUT2D eigenvalue weighted by Gasteiger charge is -2.05. The summed E-state index contributed by atoms with van der Waals surface area (Å²) in [7, 11) is 0. The Kier molecular flexibility index (Phi) is 4.14. The van der Waals surface area contributed by atoms with Crippen molar-refractivity contribution in [3.8, 4) is 5.82 Å². The van der Waals surface area contributed by atoms with Crippen molar-refractivity contribution in [1.29, 1.82) is 0 Å². The smallest absolute Gasteiger partial charge is 0.155 e. The van der Waals surface area contributed by atoms with Gasteiger partial charge in [-0.1, -0.05) is 18.9 Å². The Labute approximate surface area is 145 Å². The molecule has 0 saturated heterocycles. The van der Waals surface area contributed by atoms with Crippen molar-refractivity contribution >= 4 is 11.3 Å². The SMILES string of the molecule is Cc1cccc(-n2nc(C3CCCC3)nc2Cc2csc(C)n2)n1. The van der Waals surface area contributed by atoms with Crippen molar-refractivity contribution in [3.05, 3.63) is 51.6 Å². The van der Waals surface area contributed by atoms with Gasteiger partial charge in [-0.2, -0.15) is 4.68 Å².